The third-order valence-electron chi connectivity index (χ3n) is 3.13. The van der Waals surface area contributed by atoms with E-state index in [2.05, 4.69) is 21.2 Å². The predicted octanol–water partition coefficient (Wildman–Crippen LogP) is 3.61. The van der Waals surface area contributed by atoms with Gasteiger partial charge in [-0.05, 0) is 41.0 Å². The van der Waals surface area contributed by atoms with Gasteiger partial charge < -0.3 is 10.1 Å². The van der Waals surface area contributed by atoms with E-state index in [1.165, 1.54) is 0 Å². The third-order valence-corrected chi connectivity index (χ3v) is 3.62. The molecular formula is C16H18BrNO2. The zero-order valence-corrected chi connectivity index (χ0v) is 13.2. The van der Waals surface area contributed by atoms with Crippen LogP contribution in [0, 0.1) is 5.92 Å². The molecule has 0 aliphatic rings. The maximum absolute atomic E-state index is 12.1. The summed E-state index contributed by atoms with van der Waals surface area (Å²) in [4.78, 5) is 12.1. The van der Waals surface area contributed by atoms with Crippen LogP contribution in [0.1, 0.15) is 17.3 Å². The van der Waals surface area contributed by atoms with Crippen molar-refractivity contribution in [2.75, 3.05) is 20.3 Å². The fourth-order valence-electron chi connectivity index (χ4n) is 2.07. The lowest BCUT2D eigenvalue weighted by molar-refractivity contribution is 0.0934. The molecular weight excluding hydrogens is 318 g/mol. The van der Waals surface area contributed by atoms with E-state index >= 15 is 0 Å². The number of hydrogen-bond donors (Lipinski definition) is 1. The topological polar surface area (TPSA) is 38.3 Å². The van der Waals surface area contributed by atoms with E-state index in [1.807, 2.05) is 43.3 Å². The van der Waals surface area contributed by atoms with Crippen LogP contribution < -0.4 is 5.32 Å². The summed E-state index contributed by atoms with van der Waals surface area (Å²) >= 11 is 3.44. The minimum atomic E-state index is -0.0437. The second-order valence-electron chi connectivity index (χ2n) is 4.98. The van der Waals surface area contributed by atoms with Crippen LogP contribution in [0.25, 0.3) is 10.8 Å². The Hall–Kier alpha value is -1.39. The van der Waals surface area contributed by atoms with E-state index in [0.29, 0.717) is 24.6 Å². The van der Waals surface area contributed by atoms with Crippen LogP contribution in [-0.4, -0.2) is 26.2 Å². The van der Waals surface area contributed by atoms with Gasteiger partial charge in [-0.3, -0.25) is 4.79 Å². The van der Waals surface area contributed by atoms with Gasteiger partial charge in [0.2, 0.25) is 0 Å². The number of ether oxygens (including phenoxy) is 1. The van der Waals surface area contributed by atoms with Gasteiger partial charge in [-0.1, -0.05) is 35.0 Å². The molecule has 4 heteroatoms. The van der Waals surface area contributed by atoms with Gasteiger partial charge in [0.05, 0.1) is 6.61 Å². The molecule has 0 bridgehead atoms. The molecule has 0 spiro atoms. The predicted molar refractivity (Wildman–Crippen MR) is 85.0 cm³/mol. The lowest BCUT2D eigenvalue weighted by Gasteiger charge is -2.11. The SMILES string of the molecule is COCC(C)CNC(=O)c1ccc2cc(Br)ccc2c1. The zero-order valence-electron chi connectivity index (χ0n) is 11.7. The van der Waals surface area contributed by atoms with Gasteiger partial charge in [0, 0.05) is 23.7 Å². The Morgan fingerprint density at radius 3 is 2.70 bits per heavy atom. The molecule has 0 aliphatic heterocycles. The molecule has 1 unspecified atom stereocenters. The lowest BCUT2D eigenvalue weighted by Crippen LogP contribution is -2.29. The van der Waals surface area contributed by atoms with Crippen molar-refractivity contribution in [3.05, 3.63) is 46.4 Å². The quantitative estimate of drug-likeness (QED) is 0.906. The first kappa shape index (κ1) is 15.0. The molecule has 20 heavy (non-hydrogen) atoms. The minimum absolute atomic E-state index is 0.0437. The highest BCUT2D eigenvalue weighted by Crippen LogP contribution is 2.20. The van der Waals surface area contributed by atoms with Crippen LogP contribution in [0.15, 0.2) is 40.9 Å². The second kappa shape index (κ2) is 6.86. The van der Waals surface area contributed by atoms with Crippen LogP contribution in [0.5, 0.6) is 0 Å². The van der Waals surface area contributed by atoms with Gasteiger partial charge in [-0.2, -0.15) is 0 Å². The van der Waals surface area contributed by atoms with Crippen LogP contribution in [-0.2, 0) is 4.74 Å². The van der Waals surface area contributed by atoms with Crippen molar-refractivity contribution in [2.45, 2.75) is 6.92 Å². The fourth-order valence-corrected chi connectivity index (χ4v) is 2.45. The summed E-state index contributed by atoms with van der Waals surface area (Å²) in [7, 11) is 1.67. The number of fused-ring (bicyclic) bond motifs is 1. The molecule has 0 aliphatic carbocycles. The molecule has 0 radical (unpaired) electrons. The van der Waals surface area contributed by atoms with E-state index < -0.39 is 0 Å². The number of nitrogens with one attached hydrogen (secondary N) is 1. The van der Waals surface area contributed by atoms with Crippen molar-refractivity contribution in [2.24, 2.45) is 5.92 Å². The molecule has 2 rings (SSSR count). The van der Waals surface area contributed by atoms with Crippen molar-refractivity contribution in [1.82, 2.24) is 5.32 Å². The molecule has 106 valence electrons. The third kappa shape index (κ3) is 3.81. The van der Waals surface area contributed by atoms with Gasteiger partial charge >= 0.3 is 0 Å². The lowest BCUT2D eigenvalue weighted by atomic mass is 10.1. The Bertz CT molecular complexity index is 612. The first-order valence-corrected chi connectivity index (χ1v) is 7.36. The van der Waals surface area contributed by atoms with Crippen molar-refractivity contribution in [1.29, 1.82) is 0 Å². The Balaban J connectivity index is 2.08. The summed E-state index contributed by atoms with van der Waals surface area (Å²) in [5.41, 5.74) is 0.685. The summed E-state index contributed by atoms with van der Waals surface area (Å²) in [6.07, 6.45) is 0. The summed E-state index contributed by atoms with van der Waals surface area (Å²) in [6.45, 7) is 3.30. The number of halogens is 1. The maximum atomic E-state index is 12.1. The van der Waals surface area contributed by atoms with E-state index in [4.69, 9.17) is 4.74 Å². The highest BCUT2D eigenvalue weighted by Gasteiger charge is 2.08. The minimum Gasteiger partial charge on any atom is -0.384 e. The van der Waals surface area contributed by atoms with Crippen LogP contribution >= 0.6 is 15.9 Å². The standard InChI is InChI=1S/C16H18BrNO2/c1-11(10-20-2)9-18-16(19)14-4-3-13-8-15(17)6-5-12(13)7-14/h3-8,11H,9-10H2,1-2H3,(H,18,19). The van der Waals surface area contributed by atoms with Gasteiger partial charge in [0.1, 0.15) is 0 Å². The molecule has 3 nitrogen and oxygen atoms in total. The summed E-state index contributed by atoms with van der Waals surface area (Å²) < 4.78 is 6.09. The molecule has 0 saturated carbocycles. The fraction of sp³-hybridized carbons (Fsp3) is 0.312. The Morgan fingerprint density at radius 1 is 1.25 bits per heavy atom. The largest absolute Gasteiger partial charge is 0.384 e. The normalized spacial score (nSPS) is 12.3. The Kier molecular flexibility index (Phi) is 5.15. The Labute approximate surface area is 127 Å². The zero-order chi connectivity index (χ0) is 14.5. The van der Waals surface area contributed by atoms with Crippen molar-refractivity contribution in [3.8, 4) is 0 Å². The second-order valence-corrected chi connectivity index (χ2v) is 5.89. The molecule has 2 aromatic carbocycles. The first-order chi connectivity index (χ1) is 9.60. The number of carbonyl (C=O) groups excluding carboxylic acids is 1. The van der Waals surface area contributed by atoms with E-state index in [0.717, 1.165) is 15.2 Å². The molecule has 0 saturated heterocycles. The number of hydrogen-bond acceptors (Lipinski definition) is 2. The molecule has 1 atom stereocenters. The van der Waals surface area contributed by atoms with Crippen molar-refractivity contribution >= 4 is 32.6 Å². The summed E-state index contributed by atoms with van der Waals surface area (Å²) in [5, 5.41) is 5.11. The monoisotopic (exact) mass is 335 g/mol. The van der Waals surface area contributed by atoms with Gasteiger partial charge in [-0.25, -0.2) is 0 Å². The molecule has 0 heterocycles. The molecule has 2 aromatic rings. The van der Waals surface area contributed by atoms with E-state index in [9.17, 15) is 4.79 Å². The number of benzene rings is 2. The molecule has 0 fully saturated rings. The smallest absolute Gasteiger partial charge is 0.251 e. The van der Waals surface area contributed by atoms with Crippen molar-refractivity contribution in [3.63, 3.8) is 0 Å². The molecule has 1 N–H and O–H groups in total. The van der Waals surface area contributed by atoms with Crippen LogP contribution in [0.3, 0.4) is 0 Å². The van der Waals surface area contributed by atoms with Crippen LogP contribution in [0.2, 0.25) is 0 Å². The van der Waals surface area contributed by atoms with Crippen LogP contribution in [0.4, 0.5) is 0 Å². The first-order valence-electron chi connectivity index (χ1n) is 6.56. The highest BCUT2D eigenvalue weighted by atomic mass is 79.9. The van der Waals surface area contributed by atoms with E-state index in [-0.39, 0.29) is 5.91 Å². The highest BCUT2D eigenvalue weighted by molar-refractivity contribution is 9.10. The summed E-state index contributed by atoms with van der Waals surface area (Å²) in [5.74, 6) is 0.262. The average Bonchev–Trinajstić information content (AvgIpc) is 2.44. The number of rotatable bonds is 5. The molecule has 0 aromatic heterocycles. The average molecular weight is 336 g/mol. The maximum Gasteiger partial charge on any atom is 0.251 e. The van der Waals surface area contributed by atoms with Crippen molar-refractivity contribution < 1.29 is 9.53 Å². The van der Waals surface area contributed by atoms with Gasteiger partial charge in [0.25, 0.3) is 5.91 Å². The number of methoxy groups -OCH3 is 1. The summed E-state index contributed by atoms with van der Waals surface area (Å²) in [6, 6.07) is 11.8. The van der Waals surface area contributed by atoms with Gasteiger partial charge in [0.15, 0.2) is 0 Å². The Morgan fingerprint density at radius 2 is 1.95 bits per heavy atom. The molecule has 1 amide bonds. The number of amides is 1. The van der Waals surface area contributed by atoms with Gasteiger partial charge in [-0.15, -0.1) is 0 Å². The number of carbonyl (C=O) groups is 1. The van der Waals surface area contributed by atoms with E-state index in [1.54, 1.807) is 7.11 Å².